The number of aromatic nitrogens is 4. The minimum Gasteiger partial charge on any atom is -0.312 e. The van der Waals surface area contributed by atoms with Crippen LogP contribution in [0.5, 0.6) is 0 Å². The van der Waals surface area contributed by atoms with E-state index in [0.717, 1.165) is 18.7 Å². The van der Waals surface area contributed by atoms with E-state index in [4.69, 9.17) is 0 Å². The molecule has 0 bridgehead atoms. The highest BCUT2D eigenvalue weighted by atomic mass is 16.1. The van der Waals surface area contributed by atoms with Crippen LogP contribution < -0.4 is 5.56 Å². The van der Waals surface area contributed by atoms with Crippen molar-refractivity contribution in [2.75, 3.05) is 0 Å². The van der Waals surface area contributed by atoms with Gasteiger partial charge in [-0.05, 0) is 13.3 Å². The highest BCUT2D eigenvalue weighted by Gasteiger charge is 2.10. The monoisotopic (exact) mass is 192 g/mol. The zero-order chi connectivity index (χ0) is 10.1. The lowest BCUT2D eigenvalue weighted by Crippen LogP contribution is -2.07. The molecule has 0 aromatic carbocycles. The second kappa shape index (κ2) is 3.25. The Bertz CT molecular complexity index is 511. The SMILES string of the molecule is CCCn1nc(C)c2c(=O)[nH]cnc21. The number of nitrogens with one attached hydrogen (secondary N) is 1. The van der Waals surface area contributed by atoms with E-state index in [-0.39, 0.29) is 5.56 Å². The molecule has 5 heteroatoms. The van der Waals surface area contributed by atoms with Gasteiger partial charge >= 0.3 is 0 Å². The van der Waals surface area contributed by atoms with Crippen molar-refractivity contribution in [1.82, 2.24) is 19.7 Å². The average Bonchev–Trinajstić information content (AvgIpc) is 2.46. The lowest BCUT2D eigenvalue weighted by atomic mass is 10.3. The van der Waals surface area contributed by atoms with E-state index in [1.54, 1.807) is 4.68 Å². The average molecular weight is 192 g/mol. The van der Waals surface area contributed by atoms with Crippen molar-refractivity contribution in [3.05, 3.63) is 22.4 Å². The van der Waals surface area contributed by atoms with Crippen LogP contribution in [0.3, 0.4) is 0 Å². The van der Waals surface area contributed by atoms with Gasteiger partial charge in [-0.15, -0.1) is 0 Å². The minimum atomic E-state index is -0.116. The molecule has 2 heterocycles. The number of hydrogen-bond acceptors (Lipinski definition) is 3. The summed E-state index contributed by atoms with van der Waals surface area (Å²) in [6.45, 7) is 4.68. The molecule has 14 heavy (non-hydrogen) atoms. The third-order valence-corrected chi connectivity index (χ3v) is 2.15. The molecule has 0 spiro atoms. The molecule has 5 nitrogen and oxygen atoms in total. The van der Waals surface area contributed by atoms with E-state index in [1.807, 2.05) is 6.92 Å². The molecule has 0 saturated heterocycles. The predicted molar refractivity (Wildman–Crippen MR) is 53.2 cm³/mol. The maximum absolute atomic E-state index is 11.5. The summed E-state index contributed by atoms with van der Waals surface area (Å²) in [7, 11) is 0. The second-order valence-electron chi connectivity index (χ2n) is 3.24. The van der Waals surface area contributed by atoms with Gasteiger partial charge in [0.1, 0.15) is 5.39 Å². The van der Waals surface area contributed by atoms with Crippen molar-refractivity contribution in [1.29, 1.82) is 0 Å². The van der Waals surface area contributed by atoms with E-state index in [9.17, 15) is 4.79 Å². The van der Waals surface area contributed by atoms with Crippen LogP contribution in [-0.2, 0) is 6.54 Å². The molecule has 2 aromatic rings. The molecule has 1 N–H and O–H groups in total. The molecule has 0 saturated carbocycles. The van der Waals surface area contributed by atoms with Gasteiger partial charge in [0, 0.05) is 6.54 Å². The van der Waals surface area contributed by atoms with Crippen LogP contribution in [0.15, 0.2) is 11.1 Å². The van der Waals surface area contributed by atoms with Crippen molar-refractivity contribution in [2.45, 2.75) is 26.8 Å². The zero-order valence-corrected chi connectivity index (χ0v) is 8.24. The Hall–Kier alpha value is -1.65. The van der Waals surface area contributed by atoms with E-state index in [2.05, 4.69) is 22.0 Å². The van der Waals surface area contributed by atoms with Crippen LogP contribution in [0.2, 0.25) is 0 Å². The van der Waals surface area contributed by atoms with Crippen LogP contribution in [0.4, 0.5) is 0 Å². The highest BCUT2D eigenvalue weighted by molar-refractivity contribution is 5.76. The van der Waals surface area contributed by atoms with E-state index < -0.39 is 0 Å². The molecule has 2 aromatic heterocycles. The number of H-pyrrole nitrogens is 1. The lowest BCUT2D eigenvalue weighted by Gasteiger charge is -1.97. The van der Waals surface area contributed by atoms with Crippen molar-refractivity contribution in [3.8, 4) is 0 Å². The number of aryl methyl sites for hydroxylation is 2. The molecule has 0 fully saturated rings. The van der Waals surface area contributed by atoms with Gasteiger partial charge < -0.3 is 4.98 Å². The Morgan fingerprint density at radius 2 is 2.36 bits per heavy atom. The van der Waals surface area contributed by atoms with Gasteiger partial charge in [0.15, 0.2) is 5.65 Å². The molecule has 74 valence electrons. The fourth-order valence-corrected chi connectivity index (χ4v) is 1.56. The first-order chi connectivity index (χ1) is 6.74. The third kappa shape index (κ3) is 1.21. The zero-order valence-electron chi connectivity index (χ0n) is 8.24. The maximum Gasteiger partial charge on any atom is 0.262 e. The van der Waals surface area contributed by atoms with Gasteiger partial charge in [-0.2, -0.15) is 5.10 Å². The fraction of sp³-hybridized carbons (Fsp3) is 0.444. The summed E-state index contributed by atoms with van der Waals surface area (Å²) in [5.41, 5.74) is 1.30. The number of fused-ring (bicyclic) bond motifs is 1. The molecule has 0 amide bonds. The first-order valence-electron chi connectivity index (χ1n) is 4.65. The molecule has 0 aliphatic carbocycles. The van der Waals surface area contributed by atoms with Crippen LogP contribution in [0.25, 0.3) is 11.0 Å². The summed E-state index contributed by atoms with van der Waals surface area (Å²) in [6, 6.07) is 0. The summed E-state index contributed by atoms with van der Waals surface area (Å²) < 4.78 is 1.78. The highest BCUT2D eigenvalue weighted by Crippen LogP contribution is 2.10. The Kier molecular flexibility index (Phi) is 2.07. The summed E-state index contributed by atoms with van der Waals surface area (Å²) in [6.07, 6.45) is 2.39. The summed E-state index contributed by atoms with van der Waals surface area (Å²) in [4.78, 5) is 18.1. The van der Waals surface area contributed by atoms with Crippen molar-refractivity contribution in [2.24, 2.45) is 0 Å². The van der Waals surface area contributed by atoms with E-state index in [1.165, 1.54) is 6.33 Å². The predicted octanol–water partition coefficient (Wildman–Crippen LogP) is 0.838. The van der Waals surface area contributed by atoms with Crippen LogP contribution in [0, 0.1) is 6.92 Å². The van der Waals surface area contributed by atoms with Crippen LogP contribution in [0.1, 0.15) is 19.0 Å². The summed E-state index contributed by atoms with van der Waals surface area (Å²) >= 11 is 0. The topological polar surface area (TPSA) is 63.6 Å². The van der Waals surface area contributed by atoms with E-state index in [0.29, 0.717) is 11.0 Å². The fourth-order valence-electron chi connectivity index (χ4n) is 1.56. The minimum absolute atomic E-state index is 0.116. The largest absolute Gasteiger partial charge is 0.312 e. The molecule has 0 aliphatic heterocycles. The third-order valence-electron chi connectivity index (χ3n) is 2.15. The van der Waals surface area contributed by atoms with Gasteiger partial charge in [-0.25, -0.2) is 9.67 Å². The van der Waals surface area contributed by atoms with Gasteiger partial charge in [-0.3, -0.25) is 4.79 Å². The normalized spacial score (nSPS) is 11.0. The van der Waals surface area contributed by atoms with E-state index >= 15 is 0 Å². The Morgan fingerprint density at radius 3 is 3.07 bits per heavy atom. The number of hydrogen-bond donors (Lipinski definition) is 1. The Balaban J connectivity index is 2.77. The molecule has 0 unspecified atom stereocenters. The number of aromatic amines is 1. The maximum atomic E-state index is 11.5. The number of nitrogens with zero attached hydrogens (tertiary/aromatic N) is 3. The van der Waals surface area contributed by atoms with Gasteiger partial charge in [0.25, 0.3) is 5.56 Å². The molecular formula is C9H12N4O. The second-order valence-corrected chi connectivity index (χ2v) is 3.24. The molecule has 2 rings (SSSR count). The molecular weight excluding hydrogens is 180 g/mol. The Morgan fingerprint density at radius 1 is 1.57 bits per heavy atom. The summed E-state index contributed by atoms with van der Waals surface area (Å²) in [5.74, 6) is 0. The first kappa shape index (κ1) is 8.93. The first-order valence-corrected chi connectivity index (χ1v) is 4.65. The van der Waals surface area contributed by atoms with Crippen LogP contribution in [-0.4, -0.2) is 19.7 Å². The van der Waals surface area contributed by atoms with Crippen molar-refractivity contribution >= 4 is 11.0 Å². The number of rotatable bonds is 2. The van der Waals surface area contributed by atoms with Crippen molar-refractivity contribution < 1.29 is 0 Å². The molecule has 0 atom stereocenters. The van der Waals surface area contributed by atoms with Crippen molar-refractivity contribution in [3.63, 3.8) is 0 Å². The smallest absolute Gasteiger partial charge is 0.262 e. The summed E-state index contributed by atoms with van der Waals surface area (Å²) in [5, 5.41) is 4.87. The van der Waals surface area contributed by atoms with Gasteiger partial charge in [0.05, 0.1) is 12.0 Å². The lowest BCUT2D eigenvalue weighted by molar-refractivity contribution is 0.612. The molecule has 0 radical (unpaired) electrons. The van der Waals surface area contributed by atoms with Gasteiger partial charge in [-0.1, -0.05) is 6.92 Å². The van der Waals surface area contributed by atoms with Crippen LogP contribution >= 0.6 is 0 Å². The Labute approximate surface area is 80.8 Å². The standard InChI is InChI=1S/C9H12N4O/c1-3-4-13-8-7(6(2)12-13)9(14)11-5-10-8/h5H,3-4H2,1-2H3,(H,10,11,14). The molecule has 0 aliphatic rings. The quantitative estimate of drug-likeness (QED) is 0.766. The van der Waals surface area contributed by atoms with Gasteiger partial charge in [0.2, 0.25) is 0 Å².